The van der Waals surface area contributed by atoms with E-state index in [1.807, 2.05) is 30.3 Å². The Morgan fingerprint density at radius 1 is 1.27 bits per heavy atom. The number of hydrazine groups is 1. The lowest BCUT2D eigenvalue weighted by atomic mass is 10.3. The summed E-state index contributed by atoms with van der Waals surface area (Å²) in [6.45, 7) is 0.300. The van der Waals surface area contributed by atoms with E-state index >= 15 is 0 Å². The molecule has 1 unspecified atom stereocenters. The van der Waals surface area contributed by atoms with Gasteiger partial charge in [-0.1, -0.05) is 29.8 Å². The molecule has 1 saturated heterocycles. The Morgan fingerprint density at radius 3 is 2.73 bits per heavy atom. The molecule has 6 nitrogen and oxygen atoms in total. The number of rotatable bonds is 4. The van der Waals surface area contributed by atoms with Gasteiger partial charge in [-0.15, -0.1) is 11.3 Å². The molecule has 0 radical (unpaired) electrons. The molecule has 8 heteroatoms. The predicted octanol–water partition coefficient (Wildman–Crippen LogP) is 2.62. The van der Waals surface area contributed by atoms with Crippen molar-refractivity contribution in [1.82, 2.24) is 10.9 Å². The number of thiophene rings is 1. The number of ether oxygens (including phenoxy) is 1. The zero-order valence-electron chi connectivity index (χ0n) is 11.3. The third-order valence-electron chi connectivity index (χ3n) is 3.02. The van der Waals surface area contributed by atoms with E-state index in [1.165, 1.54) is 16.2 Å². The van der Waals surface area contributed by atoms with Gasteiger partial charge in [-0.2, -0.15) is 5.43 Å². The second-order valence-corrected chi connectivity index (χ2v) is 6.24. The number of para-hydroxylation sites is 1. The molecular formula is C14H12ClN3O3S. The highest BCUT2D eigenvalue weighted by atomic mass is 35.5. The Hall–Kier alpha value is -2.09. The van der Waals surface area contributed by atoms with Gasteiger partial charge in [-0.05, 0) is 24.3 Å². The van der Waals surface area contributed by atoms with Crippen LogP contribution in [-0.4, -0.2) is 24.8 Å². The molecule has 22 heavy (non-hydrogen) atoms. The number of hydrogen-bond donors (Lipinski definition) is 2. The van der Waals surface area contributed by atoms with Crippen molar-refractivity contribution < 1.29 is 14.3 Å². The molecule has 1 fully saturated rings. The van der Waals surface area contributed by atoms with Crippen LogP contribution in [0.5, 0.6) is 0 Å². The summed E-state index contributed by atoms with van der Waals surface area (Å²) in [7, 11) is 0. The van der Waals surface area contributed by atoms with Crippen LogP contribution >= 0.6 is 22.9 Å². The zero-order valence-corrected chi connectivity index (χ0v) is 12.9. The van der Waals surface area contributed by atoms with E-state index in [-0.39, 0.29) is 5.91 Å². The van der Waals surface area contributed by atoms with Crippen molar-refractivity contribution in [3.63, 3.8) is 0 Å². The molecule has 0 saturated carbocycles. The van der Waals surface area contributed by atoms with Crippen LogP contribution in [0, 0.1) is 0 Å². The molecule has 3 rings (SSSR count). The summed E-state index contributed by atoms with van der Waals surface area (Å²) >= 11 is 6.95. The van der Waals surface area contributed by atoms with E-state index in [2.05, 4.69) is 10.9 Å². The summed E-state index contributed by atoms with van der Waals surface area (Å²) in [4.78, 5) is 25.7. The largest absolute Gasteiger partial charge is 0.426 e. The topological polar surface area (TPSA) is 70.7 Å². The number of benzene rings is 1. The summed E-state index contributed by atoms with van der Waals surface area (Å²) in [5.74, 6) is -0.328. The molecule has 1 aromatic carbocycles. The maximum Gasteiger partial charge on any atom is 0.416 e. The molecule has 1 aliphatic heterocycles. The van der Waals surface area contributed by atoms with E-state index in [0.29, 0.717) is 15.8 Å². The van der Waals surface area contributed by atoms with E-state index in [9.17, 15) is 9.59 Å². The van der Waals surface area contributed by atoms with Crippen molar-refractivity contribution in [2.24, 2.45) is 0 Å². The van der Waals surface area contributed by atoms with E-state index in [1.54, 1.807) is 12.1 Å². The number of amides is 2. The molecular weight excluding hydrogens is 326 g/mol. The molecule has 1 aliphatic rings. The van der Waals surface area contributed by atoms with Gasteiger partial charge < -0.3 is 4.74 Å². The number of nitrogens with one attached hydrogen (secondary N) is 2. The second kappa shape index (κ2) is 6.35. The van der Waals surface area contributed by atoms with Gasteiger partial charge in [-0.3, -0.25) is 15.1 Å². The first-order chi connectivity index (χ1) is 10.6. The average molecular weight is 338 g/mol. The third kappa shape index (κ3) is 3.22. The minimum Gasteiger partial charge on any atom is -0.426 e. The van der Waals surface area contributed by atoms with Gasteiger partial charge in [0.2, 0.25) is 0 Å². The Bertz CT molecular complexity index is 692. The van der Waals surface area contributed by atoms with Gasteiger partial charge in [-0.25, -0.2) is 4.79 Å². The average Bonchev–Trinajstić information content (AvgIpc) is 3.12. The minimum atomic E-state index is -0.618. The van der Waals surface area contributed by atoms with Crippen LogP contribution in [0.2, 0.25) is 4.34 Å². The first-order valence-corrected chi connectivity index (χ1v) is 7.67. The quantitative estimate of drug-likeness (QED) is 0.841. The standard InChI is InChI=1S/C14H12ClN3O3S/c15-11-7-6-10(22-11)13(19)17-16-12-8-18(14(20)21-12)9-4-2-1-3-5-9/h1-7,12,16H,8H2,(H,17,19). The van der Waals surface area contributed by atoms with Crippen molar-refractivity contribution >= 4 is 40.6 Å². The summed E-state index contributed by atoms with van der Waals surface area (Å²) in [6.07, 6.45) is -1.08. The van der Waals surface area contributed by atoms with Gasteiger partial charge in [0.15, 0.2) is 6.23 Å². The number of carbonyl (C=O) groups is 2. The lowest BCUT2D eigenvalue weighted by molar-refractivity contribution is 0.0820. The molecule has 1 atom stereocenters. The number of carbonyl (C=O) groups excluding carboxylic acids is 2. The molecule has 114 valence electrons. The number of anilines is 1. The van der Waals surface area contributed by atoms with Crippen LogP contribution < -0.4 is 15.8 Å². The summed E-state index contributed by atoms with van der Waals surface area (Å²) < 4.78 is 5.69. The highest BCUT2D eigenvalue weighted by molar-refractivity contribution is 7.17. The molecule has 2 N–H and O–H groups in total. The fourth-order valence-electron chi connectivity index (χ4n) is 2.00. The summed E-state index contributed by atoms with van der Waals surface area (Å²) in [5.41, 5.74) is 5.95. The van der Waals surface area contributed by atoms with Crippen molar-refractivity contribution in [3.05, 3.63) is 51.7 Å². The van der Waals surface area contributed by atoms with Crippen molar-refractivity contribution in [3.8, 4) is 0 Å². The first-order valence-electron chi connectivity index (χ1n) is 6.48. The Morgan fingerprint density at radius 2 is 2.05 bits per heavy atom. The van der Waals surface area contributed by atoms with Crippen LogP contribution in [-0.2, 0) is 4.74 Å². The summed E-state index contributed by atoms with van der Waals surface area (Å²) in [5, 5.41) is 0. The molecule has 0 aliphatic carbocycles. The Kier molecular flexibility index (Phi) is 4.28. The first kappa shape index (κ1) is 14.8. The maximum atomic E-state index is 11.9. The lowest BCUT2D eigenvalue weighted by Gasteiger charge is -2.13. The van der Waals surface area contributed by atoms with E-state index in [0.717, 1.165) is 5.69 Å². The minimum absolute atomic E-state index is 0.300. The highest BCUT2D eigenvalue weighted by Gasteiger charge is 2.32. The van der Waals surface area contributed by atoms with Crippen molar-refractivity contribution in [2.75, 3.05) is 11.4 Å². The molecule has 0 spiro atoms. The number of halogens is 1. The van der Waals surface area contributed by atoms with Gasteiger partial charge in [0.25, 0.3) is 5.91 Å². The second-order valence-electron chi connectivity index (χ2n) is 4.52. The normalized spacial score (nSPS) is 17.4. The highest BCUT2D eigenvalue weighted by Crippen LogP contribution is 2.21. The van der Waals surface area contributed by atoms with E-state index in [4.69, 9.17) is 16.3 Å². The van der Waals surface area contributed by atoms with Crippen LogP contribution in [0.3, 0.4) is 0 Å². The molecule has 2 heterocycles. The number of hydrogen-bond acceptors (Lipinski definition) is 5. The number of cyclic esters (lactones) is 1. The molecule has 2 aromatic rings. The van der Waals surface area contributed by atoms with Gasteiger partial charge >= 0.3 is 6.09 Å². The van der Waals surface area contributed by atoms with Crippen LogP contribution in [0.4, 0.5) is 10.5 Å². The van der Waals surface area contributed by atoms with Gasteiger partial charge in [0, 0.05) is 5.69 Å². The Labute approximate surface area is 135 Å². The molecule has 0 bridgehead atoms. The number of nitrogens with zero attached hydrogens (tertiary/aromatic N) is 1. The predicted molar refractivity (Wildman–Crippen MR) is 84.0 cm³/mol. The molecule has 1 aromatic heterocycles. The smallest absolute Gasteiger partial charge is 0.416 e. The van der Waals surface area contributed by atoms with E-state index < -0.39 is 12.3 Å². The zero-order chi connectivity index (χ0) is 15.5. The van der Waals surface area contributed by atoms with Crippen molar-refractivity contribution in [1.29, 1.82) is 0 Å². The van der Waals surface area contributed by atoms with Crippen molar-refractivity contribution in [2.45, 2.75) is 6.23 Å². The monoisotopic (exact) mass is 337 g/mol. The van der Waals surface area contributed by atoms with Crippen LogP contribution in [0.25, 0.3) is 0 Å². The molecule has 2 amide bonds. The maximum absolute atomic E-state index is 11.9. The SMILES string of the molecule is O=C(NNC1CN(c2ccccc2)C(=O)O1)c1ccc(Cl)s1. The van der Waals surface area contributed by atoms with Gasteiger partial charge in [0.05, 0.1) is 15.8 Å². The fraction of sp³-hybridized carbons (Fsp3) is 0.143. The summed E-state index contributed by atoms with van der Waals surface area (Å²) in [6, 6.07) is 12.4. The third-order valence-corrected chi connectivity index (χ3v) is 4.25. The lowest BCUT2D eigenvalue weighted by Crippen LogP contribution is -2.46. The van der Waals surface area contributed by atoms with Crippen LogP contribution in [0.15, 0.2) is 42.5 Å². The van der Waals surface area contributed by atoms with Gasteiger partial charge in [0.1, 0.15) is 0 Å². The van der Waals surface area contributed by atoms with Crippen LogP contribution in [0.1, 0.15) is 9.67 Å². The Balaban J connectivity index is 1.56. The fourth-order valence-corrected chi connectivity index (χ4v) is 2.94.